The largest absolute Gasteiger partial charge is 0.382 e. The van der Waals surface area contributed by atoms with Gasteiger partial charge in [0.15, 0.2) is 0 Å². The Morgan fingerprint density at radius 3 is 2.76 bits per heavy atom. The summed E-state index contributed by atoms with van der Waals surface area (Å²) in [6, 6.07) is 0. The number of nitrogens with one attached hydrogen (secondary N) is 1. The Hall–Kier alpha value is -0.160. The number of rotatable bonds is 6. The molecular weight excluding hydrogens is 216 g/mol. The van der Waals surface area contributed by atoms with Gasteiger partial charge in [-0.2, -0.15) is 0 Å². The summed E-state index contributed by atoms with van der Waals surface area (Å²) in [5.74, 6) is 0.883. The van der Waals surface area contributed by atoms with E-state index in [1.807, 2.05) is 0 Å². The molecule has 2 fully saturated rings. The molecule has 0 aromatic rings. The minimum Gasteiger partial charge on any atom is -0.382 e. The van der Waals surface area contributed by atoms with E-state index in [0.29, 0.717) is 12.1 Å². The molecule has 0 aromatic heterocycles. The number of piperazine rings is 1. The predicted molar refractivity (Wildman–Crippen MR) is 68.2 cm³/mol. The monoisotopic (exact) mass is 242 g/mol. The smallest absolute Gasteiger partial charge is 0.0931 e. The van der Waals surface area contributed by atoms with E-state index in [2.05, 4.69) is 17.1 Å². The van der Waals surface area contributed by atoms with Crippen molar-refractivity contribution >= 4 is 0 Å². The lowest BCUT2D eigenvalue weighted by Crippen LogP contribution is -2.61. The van der Waals surface area contributed by atoms with Crippen LogP contribution in [-0.4, -0.2) is 63.5 Å². The summed E-state index contributed by atoms with van der Waals surface area (Å²) in [7, 11) is 3.50. The summed E-state index contributed by atoms with van der Waals surface area (Å²) < 4.78 is 10.6. The highest BCUT2D eigenvalue weighted by molar-refractivity contribution is 5.02. The highest BCUT2D eigenvalue weighted by atomic mass is 16.5. The lowest BCUT2D eigenvalue weighted by Gasteiger charge is -2.42. The first kappa shape index (κ1) is 13.3. The average molecular weight is 242 g/mol. The zero-order chi connectivity index (χ0) is 12.3. The van der Waals surface area contributed by atoms with Crippen LogP contribution in [0.25, 0.3) is 0 Å². The first-order chi connectivity index (χ1) is 8.18. The van der Waals surface area contributed by atoms with Gasteiger partial charge in [0, 0.05) is 45.9 Å². The maximum Gasteiger partial charge on any atom is 0.0931 e. The zero-order valence-corrected chi connectivity index (χ0v) is 11.4. The highest BCUT2D eigenvalue weighted by Gasteiger charge is 2.43. The normalized spacial score (nSPS) is 32.6. The van der Waals surface area contributed by atoms with E-state index in [9.17, 15) is 0 Å². The van der Waals surface area contributed by atoms with Crippen molar-refractivity contribution in [1.82, 2.24) is 10.2 Å². The van der Waals surface area contributed by atoms with Crippen LogP contribution >= 0.6 is 0 Å². The number of ether oxygens (including phenoxy) is 2. The maximum atomic E-state index is 5.45. The lowest BCUT2D eigenvalue weighted by molar-refractivity contribution is -0.00581. The molecule has 1 heterocycles. The van der Waals surface area contributed by atoms with Gasteiger partial charge in [0.05, 0.1) is 12.7 Å². The van der Waals surface area contributed by atoms with Crippen LogP contribution in [0.15, 0.2) is 0 Å². The highest BCUT2D eigenvalue weighted by Crippen LogP contribution is 2.40. The molecule has 1 aliphatic heterocycles. The SMILES string of the molecule is COCC(CN1CCNC(C)(C2CC2)C1)OC. The zero-order valence-electron chi connectivity index (χ0n) is 11.4. The van der Waals surface area contributed by atoms with Crippen molar-refractivity contribution in [2.45, 2.75) is 31.4 Å². The van der Waals surface area contributed by atoms with Crippen molar-refractivity contribution in [3.8, 4) is 0 Å². The minimum atomic E-state index is 0.196. The summed E-state index contributed by atoms with van der Waals surface area (Å²) >= 11 is 0. The van der Waals surface area contributed by atoms with Gasteiger partial charge in [-0.15, -0.1) is 0 Å². The molecule has 0 bridgehead atoms. The van der Waals surface area contributed by atoms with E-state index in [4.69, 9.17) is 9.47 Å². The number of hydrogen-bond acceptors (Lipinski definition) is 4. The first-order valence-electron chi connectivity index (χ1n) is 6.67. The summed E-state index contributed by atoms with van der Waals surface area (Å²) in [6.07, 6.45) is 2.98. The van der Waals surface area contributed by atoms with Crippen LogP contribution in [0.5, 0.6) is 0 Å². The topological polar surface area (TPSA) is 33.7 Å². The summed E-state index contributed by atoms with van der Waals surface area (Å²) in [5.41, 5.74) is 0.323. The molecule has 1 saturated heterocycles. The van der Waals surface area contributed by atoms with Gasteiger partial charge in [-0.05, 0) is 25.7 Å². The second-order valence-corrected chi connectivity index (χ2v) is 5.67. The molecule has 1 aliphatic carbocycles. The second-order valence-electron chi connectivity index (χ2n) is 5.67. The third kappa shape index (κ3) is 3.41. The van der Waals surface area contributed by atoms with E-state index in [1.54, 1.807) is 14.2 Å². The van der Waals surface area contributed by atoms with Crippen LogP contribution in [0, 0.1) is 5.92 Å². The number of hydrogen-bond donors (Lipinski definition) is 1. The fraction of sp³-hybridized carbons (Fsp3) is 1.00. The van der Waals surface area contributed by atoms with Crippen molar-refractivity contribution in [2.24, 2.45) is 5.92 Å². The summed E-state index contributed by atoms with van der Waals surface area (Å²) in [5, 5.41) is 3.70. The molecule has 0 radical (unpaired) electrons. The molecule has 0 spiro atoms. The van der Waals surface area contributed by atoms with Crippen LogP contribution in [0.4, 0.5) is 0 Å². The Balaban J connectivity index is 1.84. The van der Waals surface area contributed by atoms with E-state index in [1.165, 1.54) is 12.8 Å². The van der Waals surface area contributed by atoms with E-state index in [-0.39, 0.29) is 6.10 Å². The standard InChI is InChI=1S/C13H26N2O2/c1-13(11-4-5-11)10-15(7-6-14-13)8-12(17-3)9-16-2/h11-12,14H,4-10H2,1-3H3. The third-order valence-corrected chi connectivity index (χ3v) is 4.14. The molecule has 0 aromatic carbocycles. The molecule has 2 unspecified atom stereocenters. The lowest BCUT2D eigenvalue weighted by atomic mass is 9.93. The Morgan fingerprint density at radius 1 is 1.41 bits per heavy atom. The molecule has 4 heteroatoms. The summed E-state index contributed by atoms with van der Waals surface area (Å²) in [4.78, 5) is 2.52. The van der Waals surface area contributed by atoms with Crippen LogP contribution in [0.2, 0.25) is 0 Å². The van der Waals surface area contributed by atoms with Gasteiger partial charge in [0.2, 0.25) is 0 Å². The molecule has 100 valence electrons. The van der Waals surface area contributed by atoms with Gasteiger partial charge in [-0.3, -0.25) is 4.90 Å². The fourth-order valence-corrected chi connectivity index (χ4v) is 2.92. The third-order valence-electron chi connectivity index (χ3n) is 4.14. The van der Waals surface area contributed by atoms with Crippen molar-refractivity contribution < 1.29 is 9.47 Å². The van der Waals surface area contributed by atoms with Gasteiger partial charge in [-0.1, -0.05) is 0 Å². The molecule has 1 N–H and O–H groups in total. The summed E-state index contributed by atoms with van der Waals surface area (Å²) in [6.45, 7) is 7.38. The van der Waals surface area contributed by atoms with Gasteiger partial charge < -0.3 is 14.8 Å². The van der Waals surface area contributed by atoms with Crippen LogP contribution < -0.4 is 5.32 Å². The van der Waals surface area contributed by atoms with Gasteiger partial charge in [0.1, 0.15) is 0 Å². The quantitative estimate of drug-likeness (QED) is 0.744. The second kappa shape index (κ2) is 5.65. The van der Waals surface area contributed by atoms with Crippen LogP contribution in [0.3, 0.4) is 0 Å². The van der Waals surface area contributed by atoms with E-state index in [0.717, 1.165) is 32.1 Å². The molecular formula is C13H26N2O2. The van der Waals surface area contributed by atoms with E-state index < -0.39 is 0 Å². The predicted octanol–water partition coefficient (Wildman–Crippen LogP) is 0.722. The van der Waals surface area contributed by atoms with Crippen molar-refractivity contribution in [3.63, 3.8) is 0 Å². The van der Waals surface area contributed by atoms with Crippen molar-refractivity contribution in [1.29, 1.82) is 0 Å². The molecule has 1 saturated carbocycles. The van der Waals surface area contributed by atoms with Gasteiger partial charge >= 0.3 is 0 Å². The van der Waals surface area contributed by atoms with Crippen LogP contribution in [-0.2, 0) is 9.47 Å². The Kier molecular flexibility index (Phi) is 4.42. The minimum absolute atomic E-state index is 0.196. The van der Waals surface area contributed by atoms with Crippen LogP contribution in [0.1, 0.15) is 19.8 Å². The molecule has 2 aliphatic rings. The number of nitrogens with zero attached hydrogens (tertiary/aromatic N) is 1. The fourth-order valence-electron chi connectivity index (χ4n) is 2.92. The molecule has 2 atom stereocenters. The average Bonchev–Trinajstić information content (AvgIpc) is 3.12. The van der Waals surface area contributed by atoms with Gasteiger partial charge in [0.25, 0.3) is 0 Å². The van der Waals surface area contributed by atoms with Crippen molar-refractivity contribution in [2.75, 3.05) is 47.0 Å². The van der Waals surface area contributed by atoms with Crippen molar-refractivity contribution in [3.05, 3.63) is 0 Å². The van der Waals surface area contributed by atoms with Gasteiger partial charge in [-0.25, -0.2) is 0 Å². The van der Waals surface area contributed by atoms with E-state index >= 15 is 0 Å². The molecule has 0 amide bonds. The Labute approximate surface area is 105 Å². The maximum absolute atomic E-state index is 5.45. The Morgan fingerprint density at radius 2 is 2.18 bits per heavy atom. The Bertz CT molecular complexity index is 246. The molecule has 4 nitrogen and oxygen atoms in total. The first-order valence-corrected chi connectivity index (χ1v) is 6.67. The molecule has 17 heavy (non-hydrogen) atoms. The number of methoxy groups -OCH3 is 2. The molecule has 2 rings (SSSR count).